The molecule has 0 aliphatic rings. The first-order valence-corrected chi connectivity index (χ1v) is 12.6. The third-order valence-electron chi connectivity index (χ3n) is 5.44. The summed E-state index contributed by atoms with van der Waals surface area (Å²) in [5, 5.41) is 27.4. The number of carbonyl (C=O) groups excluding carboxylic acids is 2. The summed E-state index contributed by atoms with van der Waals surface area (Å²) in [6, 6.07) is 8.92. The number of hydrogen-bond acceptors (Lipinski definition) is 8. The lowest BCUT2D eigenvalue weighted by molar-refractivity contribution is -0.292. The minimum absolute atomic E-state index is 0.0427. The Balaban J connectivity index is 1.73. The van der Waals surface area contributed by atoms with E-state index in [2.05, 4.69) is 52.1 Å². The molecule has 0 saturated heterocycles. The van der Waals surface area contributed by atoms with Crippen molar-refractivity contribution in [3.63, 3.8) is 0 Å². The van der Waals surface area contributed by atoms with Gasteiger partial charge in [-0.1, -0.05) is 11.6 Å². The van der Waals surface area contributed by atoms with Gasteiger partial charge in [-0.3, -0.25) is 9.59 Å². The molecule has 0 radical (unpaired) electrons. The highest BCUT2D eigenvalue weighted by Crippen LogP contribution is 2.41. The number of rotatable bonds is 8. The monoisotopic (exact) mass is 672 g/mol. The summed E-state index contributed by atoms with van der Waals surface area (Å²) in [4.78, 5) is 30.9. The SMILES string of the molecule is Cc1cc(Cl)cc(C(=O)NCC#N)c1NC(=O)c1cc(Cn2nnc(C(F)(F)C(F)(F)F)n2)nn1-c1ncccc1Br. The second-order valence-corrected chi connectivity index (χ2v) is 9.69. The summed E-state index contributed by atoms with van der Waals surface area (Å²) in [7, 11) is 0. The van der Waals surface area contributed by atoms with Gasteiger partial charge in [0.2, 0.25) is 0 Å². The molecule has 0 unspecified atom stereocenters. The Morgan fingerprint density at radius 3 is 2.55 bits per heavy atom. The predicted molar refractivity (Wildman–Crippen MR) is 138 cm³/mol. The Morgan fingerprint density at radius 1 is 1.14 bits per heavy atom. The van der Waals surface area contributed by atoms with E-state index >= 15 is 0 Å². The summed E-state index contributed by atoms with van der Waals surface area (Å²) in [5.74, 6) is -8.60. The molecule has 19 heteroatoms. The van der Waals surface area contributed by atoms with Gasteiger partial charge in [0.25, 0.3) is 17.6 Å². The standard InChI is InChI=1S/C23H15BrClF5N10O2/c1-11-7-12(25)8-14(19(41)33-6-4-31)17(11)34-20(42)16-9-13(36-40(16)18-15(24)3-2-5-32-18)10-39-37-21(35-38-39)22(26,27)23(28,29)30/h2-3,5,7-9H,6,10H2,1H3,(H,33,41)(H,34,42). The van der Waals surface area contributed by atoms with Crippen LogP contribution >= 0.6 is 27.5 Å². The van der Waals surface area contributed by atoms with Gasteiger partial charge >= 0.3 is 12.1 Å². The molecule has 3 aromatic heterocycles. The smallest absolute Gasteiger partial charge is 0.339 e. The Bertz CT molecular complexity index is 1720. The molecule has 0 spiro atoms. The number of carbonyl (C=O) groups is 2. The fourth-order valence-corrected chi connectivity index (χ4v) is 4.25. The molecule has 218 valence electrons. The summed E-state index contributed by atoms with van der Waals surface area (Å²) in [6.07, 6.45) is -4.54. The van der Waals surface area contributed by atoms with Gasteiger partial charge in [0.15, 0.2) is 5.82 Å². The summed E-state index contributed by atoms with van der Waals surface area (Å²) in [6.45, 7) is 0.709. The van der Waals surface area contributed by atoms with Crippen LogP contribution in [0.2, 0.25) is 5.02 Å². The number of alkyl halides is 5. The van der Waals surface area contributed by atoms with Crippen molar-refractivity contribution in [2.24, 2.45) is 0 Å². The summed E-state index contributed by atoms with van der Waals surface area (Å²) >= 11 is 9.40. The van der Waals surface area contributed by atoms with Gasteiger partial charge in [-0.25, -0.2) is 9.67 Å². The van der Waals surface area contributed by atoms with Crippen molar-refractivity contribution in [1.82, 2.24) is 40.3 Å². The Hall–Kier alpha value is -4.50. The normalized spacial score (nSPS) is 11.7. The van der Waals surface area contributed by atoms with Crippen LogP contribution in [0.25, 0.3) is 5.82 Å². The molecule has 0 aliphatic carbocycles. The molecule has 0 saturated carbocycles. The van der Waals surface area contributed by atoms with Crippen molar-refractivity contribution in [3.8, 4) is 11.9 Å². The highest BCUT2D eigenvalue weighted by molar-refractivity contribution is 9.10. The quantitative estimate of drug-likeness (QED) is 0.208. The molecule has 4 rings (SSSR count). The van der Waals surface area contributed by atoms with E-state index in [1.807, 2.05) is 0 Å². The molecule has 0 atom stereocenters. The topological polar surface area (TPSA) is 156 Å². The van der Waals surface area contributed by atoms with E-state index < -0.39 is 36.3 Å². The average molecular weight is 674 g/mol. The first kappa shape index (κ1) is 30.5. The number of amides is 2. The number of anilines is 1. The number of halogens is 7. The molecular weight excluding hydrogens is 659 g/mol. The van der Waals surface area contributed by atoms with E-state index in [-0.39, 0.29) is 40.0 Å². The molecule has 0 fully saturated rings. The van der Waals surface area contributed by atoms with E-state index in [1.165, 1.54) is 24.4 Å². The zero-order valence-corrected chi connectivity index (χ0v) is 23.3. The average Bonchev–Trinajstić information content (AvgIpc) is 3.56. The second-order valence-electron chi connectivity index (χ2n) is 8.40. The fourth-order valence-electron chi connectivity index (χ4n) is 3.55. The van der Waals surface area contributed by atoms with Crippen molar-refractivity contribution in [3.05, 3.63) is 74.4 Å². The van der Waals surface area contributed by atoms with Crippen LogP contribution in [0.5, 0.6) is 0 Å². The van der Waals surface area contributed by atoms with Crippen molar-refractivity contribution >= 4 is 45.0 Å². The van der Waals surface area contributed by atoms with Gasteiger partial charge in [0.1, 0.15) is 18.8 Å². The van der Waals surface area contributed by atoms with Crippen molar-refractivity contribution in [2.45, 2.75) is 25.6 Å². The number of nitrogens with zero attached hydrogens (tertiary/aromatic N) is 8. The van der Waals surface area contributed by atoms with Crippen LogP contribution in [0.15, 0.2) is 41.0 Å². The minimum atomic E-state index is -5.94. The van der Waals surface area contributed by atoms with Gasteiger partial charge in [0.05, 0.1) is 27.5 Å². The molecule has 3 heterocycles. The zero-order chi connectivity index (χ0) is 30.8. The predicted octanol–water partition coefficient (Wildman–Crippen LogP) is 4.19. The van der Waals surface area contributed by atoms with E-state index in [0.717, 1.165) is 4.68 Å². The molecule has 0 bridgehead atoms. The molecule has 2 N–H and O–H groups in total. The van der Waals surface area contributed by atoms with E-state index in [9.17, 15) is 31.5 Å². The lowest BCUT2D eigenvalue weighted by Crippen LogP contribution is -2.35. The molecule has 4 aromatic rings. The lowest BCUT2D eigenvalue weighted by atomic mass is 10.1. The van der Waals surface area contributed by atoms with E-state index in [4.69, 9.17) is 16.9 Å². The first-order valence-electron chi connectivity index (χ1n) is 11.4. The van der Waals surface area contributed by atoms with Crippen molar-refractivity contribution in [2.75, 3.05) is 11.9 Å². The molecule has 42 heavy (non-hydrogen) atoms. The number of pyridine rings is 1. The zero-order valence-electron chi connectivity index (χ0n) is 20.9. The van der Waals surface area contributed by atoms with Gasteiger partial charge in [-0.15, -0.1) is 10.2 Å². The maximum Gasteiger partial charge on any atom is 0.461 e. The van der Waals surface area contributed by atoms with Crippen LogP contribution in [0.1, 0.15) is 37.9 Å². The molecule has 2 amide bonds. The van der Waals surface area contributed by atoms with E-state index in [1.54, 1.807) is 25.1 Å². The Morgan fingerprint density at radius 2 is 1.88 bits per heavy atom. The van der Waals surface area contributed by atoms with Crippen molar-refractivity contribution in [1.29, 1.82) is 5.26 Å². The molecule has 0 aliphatic heterocycles. The Kier molecular flexibility index (Phi) is 8.54. The van der Waals surface area contributed by atoms with Crippen LogP contribution in [-0.2, 0) is 12.5 Å². The molecule has 12 nitrogen and oxygen atoms in total. The van der Waals surface area contributed by atoms with Crippen LogP contribution in [-0.4, -0.2) is 59.5 Å². The number of aromatic nitrogens is 7. The number of hydrogen-bond donors (Lipinski definition) is 2. The number of aryl methyl sites for hydroxylation is 1. The van der Waals surface area contributed by atoms with Crippen LogP contribution in [0, 0.1) is 18.3 Å². The van der Waals surface area contributed by atoms with Crippen LogP contribution in [0.3, 0.4) is 0 Å². The van der Waals surface area contributed by atoms with Gasteiger partial charge in [0, 0.05) is 11.2 Å². The minimum Gasteiger partial charge on any atom is -0.339 e. The largest absolute Gasteiger partial charge is 0.461 e. The number of tetrazole rings is 1. The maximum absolute atomic E-state index is 13.6. The Labute approximate surface area is 245 Å². The molecule has 1 aromatic carbocycles. The third-order valence-corrected chi connectivity index (χ3v) is 6.27. The summed E-state index contributed by atoms with van der Waals surface area (Å²) < 4.78 is 66.9. The lowest BCUT2D eigenvalue weighted by Gasteiger charge is -2.15. The number of nitrogens with one attached hydrogen (secondary N) is 2. The number of benzene rings is 1. The maximum atomic E-state index is 13.6. The second kappa shape index (κ2) is 11.8. The third kappa shape index (κ3) is 6.21. The highest BCUT2D eigenvalue weighted by atomic mass is 79.9. The molecular formula is C23H15BrClF5N10O2. The van der Waals surface area contributed by atoms with Crippen LogP contribution < -0.4 is 10.6 Å². The van der Waals surface area contributed by atoms with Gasteiger partial charge in [-0.2, -0.15) is 37.1 Å². The van der Waals surface area contributed by atoms with Gasteiger partial charge in [-0.05, 0) is 64.0 Å². The highest BCUT2D eigenvalue weighted by Gasteiger charge is 2.62. The van der Waals surface area contributed by atoms with Crippen LogP contribution in [0.4, 0.5) is 27.6 Å². The summed E-state index contributed by atoms with van der Waals surface area (Å²) in [5.41, 5.74) is 0.193. The van der Waals surface area contributed by atoms with Crippen molar-refractivity contribution < 1.29 is 31.5 Å². The number of nitriles is 1. The fraction of sp³-hybridized carbons (Fsp3) is 0.217. The first-order chi connectivity index (χ1) is 19.7. The van der Waals surface area contributed by atoms with Gasteiger partial charge < -0.3 is 10.6 Å². The van der Waals surface area contributed by atoms with E-state index in [0.29, 0.717) is 14.8 Å².